The van der Waals surface area contributed by atoms with Gasteiger partial charge in [-0.2, -0.15) is 0 Å². The summed E-state index contributed by atoms with van der Waals surface area (Å²) in [5.74, 6) is 1.68. The molecule has 1 aromatic heterocycles. The molecule has 4 heteroatoms. The lowest BCUT2D eigenvalue weighted by atomic mass is 9.93. The van der Waals surface area contributed by atoms with Crippen LogP contribution in [0.2, 0.25) is 0 Å². The number of carbonyl (C=O) groups excluding carboxylic acids is 1. The molecule has 1 amide bonds. The molecule has 0 radical (unpaired) electrons. The molecule has 1 aliphatic rings. The molecule has 0 spiro atoms. The first-order valence-electron chi connectivity index (χ1n) is 8.20. The molecule has 1 aliphatic heterocycles. The van der Waals surface area contributed by atoms with Crippen molar-refractivity contribution in [2.45, 2.75) is 19.3 Å². The molecule has 4 nitrogen and oxygen atoms in total. The fourth-order valence-electron chi connectivity index (χ4n) is 2.96. The summed E-state index contributed by atoms with van der Waals surface area (Å²) in [6, 6.07) is 13.5. The van der Waals surface area contributed by atoms with Crippen LogP contribution in [0.15, 0.2) is 54.9 Å². The van der Waals surface area contributed by atoms with Crippen molar-refractivity contribution in [3.63, 3.8) is 0 Å². The Labute approximate surface area is 137 Å². The SMILES string of the molecule is O=C(c1ccncc1)N1CCC(CCOc2ccccc2)CC1. The van der Waals surface area contributed by atoms with Gasteiger partial charge < -0.3 is 9.64 Å². The molecule has 3 rings (SSSR count). The third-order valence-electron chi connectivity index (χ3n) is 4.37. The molecule has 0 bridgehead atoms. The van der Waals surface area contributed by atoms with Crippen molar-refractivity contribution in [2.24, 2.45) is 5.92 Å². The van der Waals surface area contributed by atoms with Gasteiger partial charge in [0.15, 0.2) is 0 Å². The Kier molecular flexibility index (Phi) is 5.25. The number of pyridine rings is 1. The summed E-state index contributed by atoms with van der Waals surface area (Å²) in [5.41, 5.74) is 0.728. The second-order valence-corrected chi connectivity index (χ2v) is 5.92. The molecule has 120 valence electrons. The lowest BCUT2D eigenvalue weighted by Crippen LogP contribution is -2.38. The fraction of sp³-hybridized carbons (Fsp3) is 0.368. The van der Waals surface area contributed by atoms with Gasteiger partial charge in [0.05, 0.1) is 6.61 Å². The van der Waals surface area contributed by atoms with E-state index in [4.69, 9.17) is 4.74 Å². The van der Waals surface area contributed by atoms with Crippen molar-refractivity contribution in [2.75, 3.05) is 19.7 Å². The predicted molar refractivity (Wildman–Crippen MR) is 89.4 cm³/mol. The topological polar surface area (TPSA) is 42.4 Å². The van der Waals surface area contributed by atoms with E-state index in [2.05, 4.69) is 4.98 Å². The maximum atomic E-state index is 12.4. The molecular weight excluding hydrogens is 288 g/mol. The lowest BCUT2D eigenvalue weighted by Gasteiger charge is -2.32. The Morgan fingerprint density at radius 2 is 1.78 bits per heavy atom. The van der Waals surface area contributed by atoms with Crippen molar-refractivity contribution >= 4 is 5.91 Å². The number of amides is 1. The number of hydrogen-bond donors (Lipinski definition) is 0. The maximum Gasteiger partial charge on any atom is 0.253 e. The molecule has 2 aromatic rings. The number of ether oxygens (including phenoxy) is 1. The zero-order chi connectivity index (χ0) is 15.9. The average molecular weight is 310 g/mol. The first kappa shape index (κ1) is 15.5. The van der Waals surface area contributed by atoms with E-state index < -0.39 is 0 Å². The van der Waals surface area contributed by atoms with Crippen LogP contribution >= 0.6 is 0 Å². The number of piperidine rings is 1. The van der Waals surface area contributed by atoms with Crippen LogP contribution in [0.1, 0.15) is 29.6 Å². The monoisotopic (exact) mass is 310 g/mol. The van der Waals surface area contributed by atoms with Crippen molar-refractivity contribution in [3.8, 4) is 5.75 Å². The first-order valence-corrected chi connectivity index (χ1v) is 8.20. The van der Waals surface area contributed by atoms with Gasteiger partial charge in [-0.25, -0.2) is 0 Å². The van der Waals surface area contributed by atoms with E-state index in [1.807, 2.05) is 35.2 Å². The van der Waals surface area contributed by atoms with E-state index in [0.29, 0.717) is 5.92 Å². The number of likely N-dealkylation sites (tertiary alicyclic amines) is 1. The highest BCUT2D eigenvalue weighted by atomic mass is 16.5. The van der Waals surface area contributed by atoms with Crippen LogP contribution in [0, 0.1) is 5.92 Å². The van der Waals surface area contributed by atoms with Gasteiger partial charge in [-0.3, -0.25) is 9.78 Å². The molecular formula is C19H22N2O2. The summed E-state index contributed by atoms with van der Waals surface area (Å²) in [4.78, 5) is 18.3. The zero-order valence-corrected chi connectivity index (χ0v) is 13.2. The standard InChI is InChI=1S/C19H22N2O2/c22-19(17-6-11-20-12-7-17)21-13-8-16(9-14-21)10-15-23-18-4-2-1-3-5-18/h1-7,11-12,16H,8-10,13-15H2. The Bertz CT molecular complexity index is 608. The molecule has 23 heavy (non-hydrogen) atoms. The molecule has 0 saturated carbocycles. The van der Waals surface area contributed by atoms with Crippen LogP contribution in [0.3, 0.4) is 0 Å². The van der Waals surface area contributed by atoms with Crippen molar-refractivity contribution in [1.29, 1.82) is 0 Å². The van der Waals surface area contributed by atoms with Gasteiger partial charge in [0, 0.05) is 31.0 Å². The Morgan fingerprint density at radius 1 is 1.09 bits per heavy atom. The number of benzene rings is 1. The summed E-state index contributed by atoms with van der Waals surface area (Å²) in [7, 11) is 0. The minimum absolute atomic E-state index is 0.117. The van der Waals surface area contributed by atoms with E-state index >= 15 is 0 Å². The van der Waals surface area contributed by atoms with Crippen LogP contribution in [0.5, 0.6) is 5.75 Å². The second kappa shape index (κ2) is 7.77. The molecule has 1 saturated heterocycles. The Hall–Kier alpha value is -2.36. The molecule has 0 unspecified atom stereocenters. The van der Waals surface area contributed by atoms with Gasteiger partial charge in [-0.05, 0) is 49.4 Å². The zero-order valence-electron chi connectivity index (χ0n) is 13.2. The van der Waals surface area contributed by atoms with Gasteiger partial charge in [0.25, 0.3) is 5.91 Å². The minimum atomic E-state index is 0.117. The molecule has 0 aliphatic carbocycles. The highest BCUT2D eigenvalue weighted by Gasteiger charge is 2.23. The van der Waals surface area contributed by atoms with Gasteiger partial charge in [0.1, 0.15) is 5.75 Å². The lowest BCUT2D eigenvalue weighted by molar-refractivity contribution is 0.0680. The molecule has 0 atom stereocenters. The first-order chi connectivity index (χ1) is 11.3. The third-order valence-corrected chi connectivity index (χ3v) is 4.37. The van der Waals surface area contributed by atoms with Gasteiger partial charge in [-0.1, -0.05) is 18.2 Å². The summed E-state index contributed by atoms with van der Waals surface area (Å²) < 4.78 is 5.76. The average Bonchev–Trinajstić information content (AvgIpc) is 2.63. The van der Waals surface area contributed by atoms with Crippen LogP contribution < -0.4 is 4.74 Å². The van der Waals surface area contributed by atoms with E-state index in [0.717, 1.165) is 50.3 Å². The summed E-state index contributed by atoms with van der Waals surface area (Å²) in [5, 5.41) is 0. The summed E-state index contributed by atoms with van der Waals surface area (Å²) in [6.45, 7) is 2.40. The van der Waals surface area contributed by atoms with Gasteiger partial charge >= 0.3 is 0 Å². The van der Waals surface area contributed by atoms with Crippen molar-refractivity contribution < 1.29 is 9.53 Å². The quantitative estimate of drug-likeness (QED) is 0.850. The highest BCUT2D eigenvalue weighted by Crippen LogP contribution is 2.22. The van der Waals surface area contributed by atoms with E-state index in [-0.39, 0.29) is 5.91 Å². The summed E-state index contributed by atoms with van der Waals surface area (Å²) in [6.07, 6.45) is 6.48. The molecule has 1 aromatic carbocycles. The highest BCUT2D eigenvalue weighted by molar-refractivity contribution is 5.94. The fourth-order valence-corrected chi connectivity index (χ4v) is 2.96. The third kappa shape index (κ3) is 4.31. The van der Waals surface area contributed by atoms with Crippen LogP contribution in [-0.2, 0) is 0 Å². The Balaban J connectivity index is 1.41. The number of hydrogen-bond acceptors (Lipinski definition) is 3. The predicted octanol–water partition coefficient (Wildman–Crippen LogP) is 3.40. The Morgan fingerprint density at radius 3 is 2.48 bits per heavy atom. The van der Waals surface area contributed by atoms with Crippen LogP contribution in [0.4, 0.5) is 0 Å². The molecule has 2 heterocycles. The number of para-hydroxylation sites is 1. The van der Waals surface area contributed by atoms with Crippen LogP contribution in [-0.4, -0.2) is 35.5 Å². The van der Waals surface area contributed by atoms with Gasteiger partial charge in [0.2, 0.25) is 0 Å². The van der Waals surface area contributed by atoms with E-state index in [1.165, 1.54) is 0 Å². The number of nitrogens with zero attached hydrogens (tertiary/aromatic N) is 2. The second-order valence-electron chi connectivity index (χ2n) is 5.92. The smallest absolute Gasteiger partial charge is 0.253 e. The maximum absolute atomic E-state index is 12.4. The van der Waals surface area contributed by atoms with Crippen molar-refractivity contribution in [3.05, 3.63) is 60.4 Å². The molecule has 1 fully saturated rings. The number of carbonyl (C=O) groups is 1. The number of rotatable bonds is 5. The van der Waals surface area contributed by atoms with E-state index in [1.54, 1.807) is 24.5 Å². The van der Waals surface area contributed by atoms with Crippen LogP contribution in [0.25, 0.3) is 0 Å². The van der Waals surface area contributed by atoms with Crippen molar-refractivity contribution in [1.82, 2.24) is 9.88 Å². The molecule has 0 N–H and O–H groups in total. The van der Waals surface area contributed by atoms with E-state index in [9.17, 15) is 4.79 Å². The minimum Gasteiger partial charge on any atom is -0.494 e. The van der Waals surface area contributed by atoms with Gasteiger partial charge in [-0.15, -0.1) is 0 Å². The largest absolute Gasteiger partial charge is 0.494 e. The summed E-state index contributed by atoms with van der Waals surface area (Å²) >= 11 is 0. The number of aromatic nitrogens is 1. The normalized spacial score (nSPS) is 15.4.